The molecule has 3 rings (SSSR count). The molecule has 0 aromatic heterocycles. The molecule has 2 aliphatic rings. The maximum Gasteiger partial charge on any atom is 0.218 e. The lowest BCUT2D eigenvalue weighted by molar-refractivity contribution is 0.423. The third-order valence-corrected chi connectivity index (χ3v) is 9.19. The van der Waals surface area contributed by atoms with Gasteiger partial charge in [-0.1, -0.05) is 65.3 Å². The molecule has 36 heavy (non-hydrogen) atoms. The van der Waals surface area contributed by atoms with Crippen LogP contribution in [-0.4, -0.2) is 51.4 Å². The third kappa shape index (κ3) is 6.38. The molecule has 0 radical (unpaired) electrons. The Labute approximate surface area is 225 Å². The van der Waals surface area contributed by atoms with Crippen LogP contribution in [0.25, 0.3) is 6.08 Å². The van der Waals surface area contributed by atoms with Crippen molar-refractivity contribution in [3.63, 3.8) is 0 Å². The first-order chi connectivity index (χ1) is 16.9. The molecule has 0 amide bonds. The van der Waals surface area contributed by atoms with E-state index in [0.29, 0.717) is 18.8 Å². The van der Waals surface area contributed by atoms with E-state index in [4.69, 9.17) is 0 Å². The van der Waals surface area contributed by atoms with E-state index in [9.17, 15) is 8.42 Å². The highest BCUT2D eigenvalue weighted by Crippen LogP contribution is 2.47. The molecule has 1 aromatic carbocycles. The summed E-state index contributed by atoms with van der Waals surface area (Å²) < 4.78 is 28.6. The normalized spacial score (nSPS) is 17.4. The lowest BCUT2D eigenvalue weighted by atomic mass is 9.67. The Morgan fingerprint density at radius 3 is 2.50 bits per heavy atom. The average molecular weight is 529 g/mol. The quantitative estimate of drug-likeness (QED) is 0.328. The predicted molar refractivity (Wildman–Crippen MR) is 160 cm³/mol. The second-order valence-corrected chi connectivity index (χ2v) is 13.5. The molecule has 6 heteroatoms. The van der Waals surface area contributed by atoms with Gasteiger partial charge >= 0.3 is 0 Å². The van der Waals surface area contributed by atoms with E-state index in [1.807, 2.05) is 0 Å². The first-order valence-corrected chi connectivity index (χ1v) is 15.4. The number of benzene rings is 1. The fourth-order valence-electron chi connectivity index (χ4n) is 5.19. The summed E-state index contributed by atoms with van der Waals surface area (Å²) in [4.78, 5) is 2.14. The SMILES string of the molecule is CCCCN(CCS)S(=O)(=O)CC(=CC(C)C)C1=CC2=Cc3ccc(N(C)C)cc3C(C)(C)C2=CC1. The van der Waals surface area contributed by atoms with Crippen LogP contribution in [-0.2, 0) is 15.4 Å². The van der Waals surface area contributed by atoms with E-state index in [-0.39, 0.29) is 17.1 Å². The minimum absolute atomic E-state index is 0.0388. The van der Waals surface area contributed by atoms with Gasteiger partial charge in [0.2, 0.25) is 10.0 Å². The average Bonchev–Trinajstić information content (AvgIpc) is 2.80. The molecule has 1 aromatic rings. The highest BCUT2D eigenvalue weighted by molar-refractivity contribution is 7.89. The van der Waals surface area contributed by atoms with Crippen molar-refractivity contribution in [2.24, 2.45) is 5.92 Å². The van der Waals surface area contributed by atoms with Gasteiger partial charge in [-0.3, -0.25) is 0 Å². The third-order valence-electron chi connectivity index (χ3n) is 7.17. The molecule has 0 spiro atoms. The number of rotatable bonds is 11. The van der Waals surface area contributed by atoms with Crippen LogP contribution in [0.5, 0.6) is 0 Å². The minimum atomic E-state index is -3.43. The summed E-state index contributed by atoms with van der Waals surface area (Å²) in [5.41, 5.74) is 8.19. The van der Waals surface area contributed by atoms with Gasteiger partial charge < -0.3 is 4.90 Å². The van der Waals surface area contributed by atoms with Crippen molar-refractivity contribution in [2.75, 3.05) is 43.6 Å². The Hall–Kier alpha value is -1.76. The zero-order valence-corrected chi connectivity index (χ0v) is 24.8. The van der Waals surface area contributed by atoms with Gasteiger partial charge in [-0.2, -0.15) is 12.6 Å². The molecule has 0 heterocycles. The van der Waals surface area contributed by atoms with Crippen molar-refractivity contribution in [3.05, 3.63) is 69.8 Å². The highest BCUT2D eigenvalue weighted by atomic mass is 32.2. The molecule has 0 fully saturated rings. The topological polar surface area (TPSA) is 40.6 Å². The fraction of sp³-hybridized carbons (Fsp3) is 0.533. The van der Waals surface area contributed by atoms with E-state index >= 15 is 0 Å². The Morgan fingerprint density at radius 1 is 1.17 bits per heavy atom. The Balaban J connectivity index is 2.00. The molecule has 0 unspecified atom stereocenters. The Morgan fingerprint density at radius 2 is 1.89 bits per heavy atom. The smallest absolute Gasteiger partial charge is 0.218 e. The van der Waals surface area contributed by atoms with Crippen molar-refractivity contribution < 1.29 is 8.42 Å². The second-order valence-electron chi connectivity index (χ2n) is 11.1. The molecule has 4 nitrogen and oxygen atoms in total. The van der Waals surface area contributed by atoms with Gasteiger partial charge in [-0.05, 0) is 70.4 Å². The van der Waals surface area contributed by atoms with Crippen molar-refractivity contribution >= 4 is 34.4 Å². The van der Waals surface area contributed by atoms with Crippen LogP contribution in [0.3, 0.4) is 0 Å². The number of unbranched alkanes of at least 4 members (excludes halogenated alkanes) is 1. The zero-order valence-electron chi connectivity index (χ0n) is 23.1. The summed E-state index contributed by atoms with van der Waals surface area (Å²) in [6.45, 7) is 11.9. The van der Waals surface area contributed by atoms with E-state index < -0.39 is 10.0 Å². The molecule has 0 N–H and O–H groups in total. The van der Waals surface area contributed by atoms with Crippen molar-refractivity contribution in [2.45, 2.75) is 59.3 Å². The number of allylic oxidation sites excluding steroid dienone is 6. The van der Waals surface area contributed by atoms with Crippen LogP contribution in [0.4, 0.5) is 5.69 Å². The van der Waals surface area contributed by atoms with Gasteiger partial charge in [0.1, 0.15) is 0 Å². The molecule has 0 aliphatic heterocycles. The van der Waals surface area contributed by atoms with Crippen LogP contribution in [0, 0.1) is 5.92 Å². The summed E-state index contributed by atoms with van der Waals surface area (Å²) in [7, 11) is 0.713. The number of thiol groups is 1. The van der Waals surface area contributed by atoms with Gasteiger partial charge in [0.15, 0.2) is 0 Å². The van der Waals surface area contributed by atoms with Crippen LogP contribution in [0.1, 0.15) is 65.0 Å². The van der Waals surface area contributed by atoms with Crippen LogP contribution < -0.4 is 4.90 Å². The number of anilines is 1. The Bertz CT molecular complexity index is 1190. The first-order valence-electron chi connectivity index (χ1n) is 13.2. The molecular weight excluding hydrogens is 484 g/mol. The fourth-order valence-corrected chi connectivity index (χ4v) is 7.20. The van der Waals surface area contributed by atoms with Crippen molar-refractivity contribution in [1.29, 1.82) is 0 Å². The zero-order chi connectivity index (χ0) is 26.7. The molecular formula is C30H44N2O2S2. The monoisotopic (exact) mass is 528 g/mol. The number of hydrogen-bond donors (Lipinski definition) is 1. The van der Waals surface area contributed by atoms with Gasteiger partial charge in [0, 0.05) is 44.0 Å². The molecule has 2 aliphatic carbocycles. The lowest BCUT2D eigenvalue weighted by Crippen LogP contribution is -2.36. The summed E-state index contributed by atoms with van der Waals surface area (Å²) in [5, 5.41) is 0. The molecule has 0 saturated heterocycles. The molecule has 0 saturated carbocycles. The first kappa shape index (κ1) is 28.8. The van der Waals surface area contributed by atoms with Crippen LogP contribution >= 0.6 is 12.6 Å². The Kier molecular flexibility index (Phi) is 9.40. The number of fused-ring (bicyclic) bond motifs is 2. The van der Waals surface area contributed by atoms with Gasteiger partial charge in [-0.15, -0.1) is 0 Å². The van der Waals surface area contributed by atoms with Gasteiger partial charge in [0.05, 0.1) is 5.75 Å². The lowest BCUT2D eigenvalue weighted by Gasteiger charge is -2.38. The largest absolute Gasteiger partial charge is 0.378 e. The highest BCUT2D eigenvalue weighted by Gasteiger charge is 2.35. The number of sulfonamides is 1. The van der Waals surface area contributed by atoms with Crippen molar-refractivity contribution in [3.8, 4) is 0 Å². The van der Waals surface area contributed by atoms with E-state index in [1.54, 1.807) is 4.31 Å². The summed E-state index contributed by atoms with van der Waals surface area (Å²) in [6.07, 6.45) is 11.5. The summed E-state index contributed by atoms with van der Waals surface area (Å²) in [5.74, 6) is 0.826. The van der Waals surface area contributed by atoms with E-state index in [0.717, 1.165) is 30.4 Å². The maximum atomic E-state index is 13.5. The summed E-state index contributed by atoms with van der Waals surface area (Å²) >= 11 is 4.32. The standard InChI is InChI=1S/C30H44N2O2S2/c1-8-9-14-32(15-16-35)36(33,34)21-26(17-22(2)3)23-11-13-28-25(18-23)19-24-10-12-27(31(6)7)20-29(24)30(28,4)5/h10,12-13,17-20,22,35H,8-9,11,14-16,21H2,1-7H3. The second kappa shape index (κ2) is 11.7. The predicted octanol–water partition coefficient (Wildman–Crippen LogP) is 6.63. The summed E-state index contributed by atoms with van der Waals surface area (Å²) in [6, 6.07) is 6.67. The van der Waals surface area contributed by atoms with Gasteiger partial charge in [-0.25, -0.2) is 12.7 Å². The molecule has 0 atom stereocenters. The van der Waals surface area contributed by atoms with Crippen molar-refractivity contribution in [1.82, 2.24) is 4.31 Å². The number of nitrogens with zero attached hydrogens (tertiary/aromatic N) is 2. The maximum absolute atomic E-state index is 13.5. The van der Waals surface area contributed by atoms with Gasteiger partial charge in [0.25, 0.3) is 0 Å². The van der Waals surface area contributed by atoms with Crippen LogP contribution in [0.15, 0.2) is 58.7 Å². The minimum Gasteiger partial charge on any atom is -0.378 e. The molecule has 0 bridgehead atoms. The van der Waals surface area contributed by atoms with E-state index in [1.165, 1.54) is 28.0 Å². The van der Waals surface area contributed by atoms with E-state index in [2.05, 4.69) is 109 Å². The number of hydrogen-bond acceptors (Lipinski definition) is 4. The molecule has 198 valence electrons. The van der Waals surface area contributed by atoms with Crippen LogP contribution in [0.2, 0.25) is 0 Å².